The van der Waals surface area contributed by atoms with E-state index < -0.39 is 44.1 Å². The normalized spacial score (nSPS) is 15.6. The van der Waals surface area contributed by atoms with Gasteiger partial charge in [0, 0.05) is 24.0 Å². The second-order valence-corrected chi connectivity index (χ2v) is 6.25. The Morgan fingerprint density at radius 3 is 1.94 bits per heavy atom. The van der Waals surface area contributed by atoms with Crippen LogP contribution >= 0.6 is 0 Å². The molecule has 96 valence electrons. The van der Waals surface area contributed by atoms with Crippen LogP contribution in [-0.2, 0) is 9.84 Å². The van der Waals surface area contributed by atoms with Crippen molar-refractivity contribution >= 4 is 9.84 Å². The minimum Gasteiger partial charge on any atom is -0.323 e. The van der Waals surface area contributed by atoms with E-state index in [-0.39, 0.29) is 0 Å². The summed E-state index contributed by atoms with van der Waals surface area (Å²) in [5, 5.41) is -1.17. The predicted molar refractivity (Wildman–Crippen MR) is 57.6 cm³/mol. The molecule has 2 N–H and O–H groups in total. The molecule has 1 rings (SSSR count). The molecule has 0 saturated carbocycles. The van der Waals surface area contributed by atoms with Gasteiger partial charge in [0.15, 0.2) is 9.84 Å². The summed E-state index contributed by atoms with van der Waals surface area (Å²) >= 11 is 0. The highest BCUT2D eigenvalue weighted by molar-refractivity contribution is 7.91. The fourth-order valence-corrected chi connectivity index (χ4v) is 2.04. The zero-order chi connectivity index (χ0) is 13.4. The van der Waals surface area contributed by atoms with Crippen molar-refractivity contribution in [2.75, 3.05) is 6.26 Å². The molecule has 0 fully saturated rings. The van der Waals surface area contributed by atoms with Crippen molar-refractivity contribution in [1.29, 1.82) is 0 Å². The van der Waals surface area contributed by atoms with Crippen LogP contribution in [-0.4, -0.2) is 19.9 Å². The molecule has 0 heterocycles. The average Bonchev–Trinajstić information content (AvgIpc) is 2.13. The Balaban J connectivity index is 3.26. The van der Waals surface area contributed by atoms with Crippen molar-refractivity contribution in [2.45, 2.75) is 18.2 Å². The molecule has 0 aliphatic carbocycles. The topological polar surface area (TPSA) is 60.2 Å². The van der Waals surface area contributed by atoms with Crippen molar-refractivity contribution < 1.29 is 21.6 Å². The minimum absolute atomic E-state index is 0.466. The third-order valence-corrected chi connectivity index (χ3v) is 4.20. The van der Waals surface area contributed by atoms with Gasteiger partial charge in [0.25, 0.3) is 0 Å². The molecule has 0 bridgehead atoms. The van der Waals surface area contributed by atoms with E-state index in [0.717, 1.165) is 6.26 Å². The first-order valence-corrected chi connectivity index (χ1v) is 6.69. The van der Waals surface area contributed by atoms with Gasteiger partial charge >= 0.3 is 0 Å². The molecule has 0 aromatic heterocycles. The van der Waals surface area contributed by atoms with E-state index in [2.05, 4.69) is 0 Å². The third kappa shape index (κ3) is 2.98. The molecule has 2 unspecified atom stereocenters. The van der Waals surface area contributed by atoms with Crippen LogP contribution in [0.2, 0.25) is 0 Å². The third-order valence-electron chi connectivity index (χ3n) is 2.56. The van der Waals surface area contributed by atoms with Crippen LogP contribution in [0, 0.1) is 17.5 Å². The summed E-state index contributed by atoms with van der Waals surface area (Å²) in [5.74, 6) is -3.46. The second kappa shape index (κ2) is 4.66. The highest BCUT2D eigenvalue weighted by Gasteiger charge is 2.29. The molecule has 0 saturated heterocycles. The Kier molecular flexibility index (Phi) is 3.83. The lowest BCUT2D eigenvalue weighted by Gasteiger charge is -2.19. The van der Waals surface area contributed by atoms with Crippen LogP contribution in [0.25, 0.3) is 0 Å². The van der Waals surface area contributed by atoms with E-state index in [0.29, 0.717) is 12.1 Å². The monoisotopic (exact) mass is 267 g/mol. The first kappa shape index (κ1) is 14.0. The van der Waals surface area contributed by atoms with E-state index in [9.17, 15) is 21.6 Å². The predicted octanol–water partition coefficient (Wildman–Crippen LogP) is 1.54. The highest BCUT2D eigenvalue weighted by atomic mass is 32.2. The molecule has 0 amide bonds. The molecular weight excluding hydrogens is 255 g/mol. The summed E-state index contributed by atoms with van der Waals surface area (Å²) in [6.07, 6.45) is 0.914. The van der Waals surface area contributed by atoms with Crippen LogP contribution in [0.3, 0.4) is 0 Å². The number of sulfone groups is 1. The lowest BCUT2D eigenvalue weighted by atomic mass is 10.0. The van der Waals surface area contributed by atoms with Gasteiger partial charge in [-0.1, -0.05) is 0 Å². The molecule has 0 aliphatic heterocycles. The van der Waals surface area contributed by atoms with Gasteiger partial charge < -0.3 is 5.73 Å². The first-order chi connectivity index (χ1) is 7.64. The maximum Gasteiger partial charge on any atom is 0.151 e. The molecular formula is C10H12F3NO2S. The summed E-state index contributed by atoms with van der Waals surface area (Å²) in [6, 6.07) is -0.453. The smallest absolute Gasteiger partial charge is 0.151 e. The number of rotatable bonds is 3. The Labute approximate surface area is 97.4 Å². The van der Waals surface area contributed by atoms with Crippen molar-refractivity contribution in [3.8, 4) is 0 Å². The molecule has 7 heteroatoms. The SMILES string of the molecule is CC(C(N)c1c(F)cc(F)cc1F)S(C)(=O)=O. The Morgan fingerprint density at radius 2 is 1.59 bits per heavy atom. The number of nitrogens with two attached hydrogens (primary N) is 1. The number of benzene rings is 1. The quantitative estimate of drug-likeness (QED) is 0.903. The van der Waals surface area contributed by atoms with Gasteiger partial charge in [-0.2, -0.15) is 0 Å². The summed E-state index contributed by atoms with van der Waals surface area (Å²) in [7, 11) is -3.55. The Bertz CT molecular complexity index is 507. The molecule has 1 aromatic carbocycles. The van der Waals surface area contributed by atoms with E-state index in [4.69, 9.17) is 5.73 Å². The fourth-order valence-electron chi connectivity index (χ4n) is 1.37. The molecule has 0 aliphatic rings. The number of hydrogen-bond acceptors (Lipinski definition) is 3. The van der Waals surface area contributed by atoms with Crippen LogP contribution in [0.15, 0.2) is 12.1 Å². The average molecular weight is 267 g/mol. The molecule has 3 nitrogen and oxygen atoms in total. The van der Waals surface area contributed by atoms with E-state index in [1.54, 1.807) is 0 Å². The Hall–Kier alpha value is -1.08. The molecule has 0 radical (unpaired) electrons. The van der Waals surface area contributed by atoms with Gasteiger partial charge in [0.1, 0.15) is 17.5 Å². The molecule has 2 atom stereocenters. The van der Waals surface area contributed by atoms with Gasteiger partial charge in [0.2, 0.25) is 0 Å². The second-order valence-electron chi connectivity index (χ2n) is 3.84. The first-order valence-electron chi connectivity index (χ1n) is 4.73. The number of halogens is 3. The molecule has 1 aromatic rings. The summed E-state index contributed by atoms with van der Waals surface area (Å²) in [6.45, 7) is 1.24. The van der Waals surface area contributed by atoms with Gasteiger partial charge in [0.05, 0.1) is 11.3 Å². The summed E-state index contributed by atoms with van der Waals surface area (Å²) in [5.41, 5.74) is 4.87. The molecule has 17 heavy (non-hydrogen) atoms. The maximum absolute atomic E-state index is 13.4. The van der Waals surface area contributed by atoms with E-state index in [1.807, 2.05) is 0 Å². The van der Waals surface area contributed by atoms with Crippen molar-refractivity contribution in [3.05, 3.63) is 35.1 Å². The van der Waals surface area contributed by atoms with E-state index >= 15 is 0 Å². The van der Waals surface area contributed by atoms with Crippen molar-refractivity contribution in [1.82, 2.24) is 0 Å². The largest absolute Gasteiger partial charge is 0.323 e. The van der Waals surface area contributed by atoms with Crippen LogP contribution in [0.4, 0.5) is 13.2 Å². The van der Waals surface area contributed by atoms with E-state index in [1.165, 1.54) is 6.92 Å². The maximum atomic E-state index is 13.4. The zero-order valence-corrected chi connectivity index (χ0v) is 10.1. The zero-order valence-electron chi connectivity index (χ0n) is 9.25. The Morgan fingerprint density at radius 1 is 1.18 bits per heavy atom. The lowest BCUT2D eigenvalue weighted by molar-refractivity contribution is 0.494. The fraction of sp³-hybridized carbons (Fsp3) is 0.400. The molecule has 0 spiro atoms. The van der Waals surface area contributed by atoms with Gasteiger partial charge in [-0.25, -0.2) is 21.6 Å². The highest BCUT2D eigenvalue weighted by Crippen LogP contribution is 2.25. The lowest BCUT2D eigenvalue weighted by Crippen LogP contribution is -2.32. The van der Waals surface area contributed by atoms with Gasteiger partial charge in [-0.05, 0) is 6.92 Å². The van der Waals surface area contributed by atoms with Gasteiger partial charge in [-0.3, -0.25) is 0 Å². The number of hydrogen-bond donors (Lipinski definition) is 1. The van der Waals surface area contributed by atoms with Crippen LogP contribution < -0.4 is 5.73 Å². The minimum atomic E-state index is -3.55. The van der Waals surface area contributed by atoms with Crippen molar-refractivity contribution in [3.63, 3.8) is 0 Å². The summed E-state index contributed by atoms with van der Waals surface area (Å²) in [4.78, 5) is 0. The van der Waals surface area contributed by atoms with Crippen LogP contribution in [0.5, 0.6) is 0 Å². The van der Waals surface area contributed by atoms with Gasteiger partial charge in [-0.15, -0.1) is 0 Å². The summed E-state index contributed by atoms with van der Waals surface area (Å²) < 4.78 is 61.9. The van der Waals surface area contributed by atoms with Crippen LogP contribution in [0.1, 0.15) is 18.5 Å². The van der Waals surface area contributed by atoms with Crippen molar-refractivity contribution in [2.24, 2.45) is 5.73 Å². The standard InChI is InChI=1S/C10H12F3NO2S/c1-5(17(2,15)16)10(14)9-7(12)3-6(11)4-8(9)13/h3-5,10H,14H2,1-2H3.